The maximum atomic E-state index is 6.29. The third-order valence-electron chi connectivity index (χ3n) is 4.05. The van der Waals surface area contributed by atoms with Gasteiger partial charge in [-0.25, -0.2) is 0 Å². The molecule has 1 heteroatoms. The number of benzene rings is 1. The smallest absolute Gasteiger partial charge is 0.0117 e. The maximum absolute atomic E-state index is 6.29. The highest BCUT2D eigenvalue weighted by molar-refractivity contribution is 5.25. The van der Waals surface area contributed by atoms with Crippen LogP contribution in [0.4, 0.5) is 0 Å². The van der Waals surface area contributed by atoms with Gasteiger partial charge in [0.25, 0.3) is 0 Å². The van der Waals surface area contributed by atoms with E-state index in [1.807, 2.05) is 0 Å². The van der Waals surface area contributed by atoms with Crippen molar-refractivity contribution in [2.24, 2.45) is 5.73 Å². The van der Waals surface area contributed by atoms with Gasteiger partial charge in [0.05, 0.1) is 0 Å². The Balaban J connectivity index is 1.87. The van der Waals surface area contributed by atoms with Crippen molar-refractivity contribution in [3.8, 4) is 0 Å². The van der Waals surface area contributed by atoms with Gasteiger partial charge in [0, 0.05) is 6.04 Å². The normalized spacial score (nSPS) is 17.4. The average Bonchev–Trinajstić information content (AvgIpc) is 2.40. The van der Waals surface area contributed by atoms with E-state index < -0.39 is 0 Å². The molecule has 104 valence electrons. The van der Waals surface area contributed by atoms with Crippen LogP contribution in [0.3, 0.4) is 0 Å². The van der Waals surface area contributed by atoms with E-state index in [1.54, 1.807) is 5.57 Å². The molecule has 1 aliphatic carbocycles. The highest BCUT2D eigenvalue weighted by Crippen LogP contribution is 2.22. The summed E-state index contributed by atoms with van der Waals surface area (Å²) in [5.74, 6) is 0.607. The highest BCUT2D eigenvalue weighted by Gasteiger charge is 2.10. The van der Waals surface area contributed by atoms with Gasteiger partial charge in [-0.3, -0.25) is 0 Å². The first-order valence-corrected chi connectivity index (χ1v) is 7.67. The summed E-state index contributed by atoms with van der Waals surface area (Å²) in [6, 6.07) is 9.24. The molecule has 2 N–H and O–H groups in total. The summed E-state index contributed by atoms with van der Waals surface area (Å²) in [5, 5.41) is 0. The molecule has 1 unspecified atom stereocenters. The number of rotatable bonds is 5. The van der Waals surface area contributed by atoms with Gasteiger partial charge in [0.2, 0.25) is 0 Å². The minimum atomic E-state index is 0.272. The van der Waals surface area contributed by atoms with Crippen molar-refractivity contribution in [1.29, 1.82) is 0 Å². The summed E-state index contributed by atoms with van der Waals surface area (Å²) < 4.78 is 0. The lowest BCUT2D eigenvalue weighted by Gasteiger charge is -2.17. The van der Waals surface area contributed by atoms with Crippen molar-refractivity contribution in [2.75, 3.05) is 0 Å². The molecule has 1 nitrogen and oxygen atoms in total. The van der Waals surface area contributed by atoms with Crippen molar-refractivity contribution in [3.63, 3.8) is 0 Å². The van der Waals surface area contributed by atoms with Crippen molar-refractivity contribution in [3.05, 3.63) is 47.0 Å². The Morgan fingerprint density at radius 1 is 1.05 bits per heavy atom. The fraction of sp³-hybridized carbons (Fsp3) is 0.556. The van der Waals surface area contributed by atoms with Crippen LogP contribution in [0.2, 0.25) is 0 Å². The van der Waals surface area contributed by atoms with E-state index >= 15 is 0 Å². The van der Waals surface area contributed by atoms with E-state index in [4.69, 9.17) is 5.73 Å². The Kier molecular flexibility index (Phi) is 5.21. The van der Waals surface area contributed by atoms with Crippen LogP contribution < -0.4 is 5.73 Å². The number of hydrogen-bond acceptors (Lipinski definition) is 1. The second kappa shape index (κ2) is 6.91. The molecule has 0 saturated carbocycles. The third-order valence-corrected chi connectivity index (χ3v) is 4.05. The minimum absolute atomic E-state index is 0.272. The Hall–Kier alpha value is -1.08. The molecule has 0 aromatic heterocycles. The van der Waals surface area contributed by atoms with Gasteiger partial charge < -0.3 is 5.73 Å². The van der Waals surface area contributed by atoms with Gasteiger partial charge >= 0.3 is 0 Å². The zero-order valence-electron chi connectivity index (χ0n) is 12.4. The molecule has 1 aliphatic rings. The van der Waals surface area contributed by atoms with E-state index in [1.165, 1.54) is 36.8 Å². The van der Waals surface area contributed by atoms with Crippen LogP contribution in [0.25, 0.3) is 0 Å². The van der Waals surface area contributed by atoms with Gasteiger partial charge in [-0.2, -0.15) is 0 Å². The van der Waals surface area contributed by atoms with Gasteiger partial charge in [0.1, 0.15) is 0 Å². The zero-order chi connectivity index (χ0) is 13.7. The first-order chi connectivity index (χ1) is 9.15. The van der Waals surface area contributed by atoms with Crippen LogP contribution in [0, 0.1) is 0 Å². The van der Waals surface area contributed by atoms with Crippen molar-refractivity contribution in [2.45, 2.75) is 64.3 Å². The summed E-state index contributed by atoms with van der Waals surface area (Å²) in [5.41, 5.74) is 10.7. The second-order valence-electron chi connectivity index (χ2n) is 6.17. The van der Waals surface area contributed by atoms with Gasteiger partial charge in [-0.15, -0.1) is 0 Å². The largest absolute Gasteiger partial charge is 0.327 e. The fourth-order valence-electron chi connectivity index (χ4n) is 2.84. The Labute approximate surface area is 117 Å². The van der Waals surface area contributed by atoms with Crippen LogP contribution in [-0.2, 0) is 6.42 Å². The first-order valence-electron chi connectivity index (χ1n) is 7.67. The number of hydrogen-bond donors (Lipinski definition) is 1. The summed E-state index contributed by atoms with van der Waals surface area (Å²) in [6.07, 6.45) is 9.70. The third kappa shape index (κ3) is 4.50. The van der Waals surface area contributed by atoms with Gasteiger partial charge in [0.15, 0.2) is 0 Å². The molecule has 0 bridgehead atoms. The van der Waals surface area contributed by atoms with Crippen LogP contribution in [0.1, 0.15) is 63.0 Å². The fourth-order valence-corrected chi connectivity index (χ4v) is 2.84. The van der Waals surface area contributed by atoms with Crippen LogP contribution in [-0.4, -0.2) is 6.04 Å². The lowest BCUT2D eigenvalue weighted by atomic mass is 9.92. The number of nitrogens with two attached hydrogens (primary N) is 1. The summed E-state index contributed by atoms with van der Waals surface area (Å²) in [6.45, 7) is 4.46. The van der Waals surface area contributed by atoms with Crippen LogP contribution in [0.5, 0.6) is 0 Å². The number of allylic oxidation sites excluding steroid dienone is 1. The zero-order valence-corrected chi connectivity index (χ0v) is 12.4. The molecule has 19 heavy (non-hydrogen) atoms. The van der Waals surface area contributed by atoms with E-state index in [0.717, 1.165) is 12.8 Å². The second-order valence-corrected chi connectivity index (χ2v) is 6.17. The van der Waals surface area contributed by atoms with E-state index in [0.29, 0.717) is 5.92 Å². The minimum Gasteiger partial charge on any atom is -0.327 e. The topological polar surface area (TPSA) is 26.0 Å². The van der Waals surface area contributed by atoms with Crippen molar-refractivity contribution in [1.82, 2.24) is 0 Å². The molecule has 0 heterocycles. The Bertz CT molecular complexity index is 414. The molecule has 2 rings (SSSR count). The molecular weight excluding hydrogens is 230 g/mol. The predicted molar refractivity (Wildman–Crippen MR) is 83.4 cm³/mol. The predicted octanol–water partition coefficient (Wildman–Crippen LogP) is 4.57. The van der Waals surface area contributed by atoms with Gasteiger partial charge in [-0.05, 0) is 55.6 Å². The van der Waals surface area contributed by atoms with Gasteiger partial charge in [-0.1, -0.05) is 49.8 Å². The van der Waals surface area contributed by atoms with E-state index in [-0.39, 0.29) is 6.04 Å². The maximum Gasteiger partial charge on any atom is 0.0117 e. The molecule has 0 amide bonds. The SMILES string of the molecule is CC(C)c1ccc(CC(N)CC2=CCCCC2)cc1. The molecular formula is C18H27N. The summed E-state index contributed by atoms with van der Waals surface area (Å²) >= 11 is 0. The Morgan fingerprint density at radius 3 is 2.37 bits per heavy atom. The summed E-state index contributed by atoms with van der Waals surface area (Å²) in [7, 11) is 0. The Morgan fingerprint density at radius 2 is 1.79 bits per heavy atom. The lowest BCUT2D eigenvalue weighted by Crippen LogP contribution is -2.23. The molecule has 1 aromatic rings. The van der Waals surface area contributed by atoms with Crippen molar-refractivity contribution >= 4 is 0 Å². The molecule has 1 aromatic carbocycles. The molecule has 0 radical (unpaired) electrons. The highest BCUT2D eigenvalue weighted by atomic mass is 14.6. The average molecular weight is 257 g/mol. The monoisotopic (exact) mass is 257 g/mol. The van der Waals surface area contributed by atoms with E-state index in [9.17, 15) is 0 Å². The standard InChI is InChI=1S/C18H27N/c1-14(2)17-10-8-16(9-11-17)13-18(19)12-15-6-4-3-5-7-15/h6,8-11,14,18H,3-5,7,12-13,19H2,1-2H3. The molecule has 0 aliphatic heterocycles. The molecule has 0 saturated heterocycles. The summed E-state index contributed by atoms with van der Waals surface area (Å²) in [4.78, 5) is 0. The lowest BCUT2D eigenvalue weighted by molar-refractivity contribution is 0.605. The molecule has 1 atom stereocenters. The first kappa shape index (κ1) is 14.3. The van der Waals surface area contributed by atoms with E-state index in [2.05, 4.69) is 44.2 Å². The molecule has 0 spiro atoms. The molecule has 0 fully saturated rings. The van der Waals surface area contributed by atoms with Crippen LogP contribution in [0.15, 0.2) is 35.9 Å². The van der Waals surface area contributed by atoms with Crippen molar-refractivity contribution < 1.29 is 0 Å². The van der Waals surface area contributed by atoms with Crippen LogP contribution >= 0.6 is 0 Å². The quantitative estimate of drug-likeness (QED) is 0.768.